The zero-order valence-electron chi connectivity index (χ0n) is 16.4. The number of fused-ring (bicyclic) bond motifs is 1. The van der Waals surface area contributed by atoms with Crippen LogP contribution in [0.25, 0.3) is 10.9 Å². The predicted molar refractivity (Wildman–Crippen MR) is 110 cm³/mol. The quantitative estimate of drug-likeness (QED) is 0.706. The molecule has 0 N–H and O–H groups in total. The maximum Gasteiger partial charge on any atom is 0.278 e. The number of carbonyl (C=O) groups excluding carboxylic acids is 1. The Morgan fingerprint density at radius 1 is 1.11 bits per heavy atom. The Morgan fingerprint density at radius 3 is 2.54 bits per heavy atom. The van der Waals surface area contributed by atoms with Gasteiger partial charge in [0.2, 0.25) is 5.43 Å². The van der Waals surface area contributed by atoms with E-state index >= 15 is 0 Å². The Kier molecular flexibility index (Phi) is 4.99. The van der Waals surface area contributed by atoms with Crippen molar-refractivity contribution in [2.75, 3.05) is 13.1 Å². The van der Waals surface area contributed by atoms with Crippen LogP contribution in [-0.2, 0) is 13.5 Å². The van der Waals surface area contributed by atoms with Gasteiger partial charge in [0, 0.05) is 20.1 Å². The molecule has 2 heterocycles. The smallest absolute Gasteiger partial charge is 0.278 e. The van der Waals surface area contributed by atoms with Crippen LogP contribution in [0.2, 0.25) is 0 Å². The van der Waals surface area contributed by atoms with E-state index < -0.39 is 0 Å². The van der Waals surface area contributed by atoms with E-state index in [1.165, 1.54) is 5.56 Å². The molecule has 0 atom stereocenters. The summed E-state index contributed by atoms with van der Waals surface area (Å²) in [6.45, 7) is 3.29. The second-order valence-corrected chi connectivity index (χ2v) is 7.75. The lowest BCUT2D eigenvalue weighted by Gasteiger charge is -2.31. The molecule has 1 fully saturated rings. The summed E-state index contributed by atoms with van der Waals surface area (Å²) in [5.74, 6) is 0.323. The predicted octanol–water partition coefficient (Wildman–Crippen LogP) is 3.34. The summed E-state index contributed by atoms with van der Waals surface area (Å²) in [4.78, 5) is 27.7. The lowest BCUT2D eigenvalue weighted by molar-refractivity contribution is 0.0681. The summed E-state index contributed by atoms with van der Waals surface area (Å²) in [7, 11) is 1.78. The van der Waals surface area contributed by atoms with Crippen LogP contribution >= 0.6 is 0 Å². The number of hydrogen-bond acceptors (Lipinski definition) is 3. The van der Waals surface area contributed by atoms with Crippen molar-refractivity contribution < 1.29 is 4.79 Å². The molecule has 0 spiro atoms. The second kappa shape index (κ2) is 7.58. The van der Waals surface area contributed by atoms with E-state index in [0.29, 0.717) is 24.4 Å². The van der Waals surface area contributed by atoms with E-state index in [4.69, 9.17) is 0 Å². The largest absolute Gasteiger partial charge is 0.337 e. The fourth-order valence-electron chi connectivity index (χ4n) is 4.07. The summed E-state index contributed by atoms with van der Waals surface area (Å²) in [6, 6.07) is 16.1. The van der Waals surface area contributed by atoms with Gasteiger partial charge in [-0.05, 0) is 49.8 Å². The van der Waals surface area contributed by atoms with Crippen molar-refractivity contribution in [3.05, 3.63) is 75.6 Å². The minimum Gasteiger partial charge on any atom is -0.337 e. The van der Waals surface area contributed by atoms with E-state index in [1.807, 2.05) is 31.2 Å². The first-order chi connectivity index (χ1) is 13.5. The third-order valence-corrected chi connectivity index (χ3v) is 5.68. The van der Waals surface area contributed by atoms with E-state index in [1.54, 1.807) is 16.6 Å². The summed E-state index contributed by atoms with van der Waals surface area (Å²) in [6.07, 6.45) is 2.94. The zero-order chi connectivity index (χ0) is 19.7. The van der Waals surface area contributed by atoms with E-state index in [0.717, 1.165) is 30.3 Å². The molecule has 0 bridgehead atoms. The minimum atomic E-state index is -0.270. The van der Waals surface area contributed by atoms with Gasteiger partial charge in [-0.1, -0.05) is 42.0 Å². The Hall–Kier alpha value is -2.95. The van der Waals surface area contributed by atoms with Gasteiger partial charge in [-0.3, -0.25) is 14.3 Å². The van der Waals surface area contributed by atoms with Gasteiger partial charge < -0.3 is 4.90 Å². The summed E-state index contributed by atoms with van der Waals surface area (Å²) in [5, 5.41) is 4.86. The molecule has 0 saturated carbocycles. The second-order valence-electron chi connectivity index (χ2n) is 7.75. The number of benzene rings is 2. The van der Waals surface area contributed by atoms with Gasteiger partial charge in [0.15, 0.2) is 5.69 Å². The normalized spacial score (nSPS) is 15.1. The van der Waals surface area contributed by atoms with Crippen LogP contribution in [0.3, 0.4) is 0 Å². The highest BCUT2D eigenvalue weighted by atomic mass is 16.2. The molecule has 1 amide bonds. The Balaban J connectivity index is 1.51. The van der Waals surface area contributed by atoms with Crippen LogP contribution in [0.5, 0.6) is 0 Å². The molecule has 0 aliphatic carbocycles. The number of nitrogens with zero attached hydrogens (tertiary/aromatic N) is 3. The third kappa shape index (κ3) is 3.57. The molecule has 3 aromatic rings. The molecule has 4 rings (SSSR count). The van der Waals surface area contributed by atoms with Crippen molar-refractivity contribution >= 4 is 16.8 Å². The van der Waals surface area contributed by atoms with Crippen molar-refractivity contribution in [3.8, 4) is 0 Å². The van der Waals surface area contributed by atoms with Crippen LogP contribution < -0.4 is 5.43 Å². The molecular formula is C23H25N3O2. The summed E-state index contributed by atoms with van der Waals surface area (Å²) >= 11 is 0. The van der Waals surface area contributed by atoms with Gasteiger partial charge in [-0.2, -0.15) is 5.10 Å². The van der Waals surface area contributed by atoms with Crippen LogP contribution in [0.1, 0.15) is 34.5 Å². The number of carbonyl (C=O) groups is 1. The highest BCUT2D eigenvalue weighted by Gasteiger charge is 2.27. The molecule has 144 valence electrons. The van der Waals surface area contributed by atoms with Gasteiger partial charge in [-0.25, -0.2) is 0 Å². The first-order valence-corrected chi connectivity index (χ1v) is 9.84. The maximum absolute atomic E-state index is 13.0. The fourth-order valence-corrected chi connectivity index (χ4v) is 4.07. The molecule has 5 heteroatoms. The molecule has 1 aliphatic heterocycles. The van der Waals surface area contributed by atoms with Gasteiger partial charge in [0.25, 0.3) is 5.91 Å². The van der Waals surface area contributed by atoms with Crippen molar-refractivity contribution in [3.63, 3.8) is 0 Å². The number of rotatable bonds is 3. The van der Waals surface area contributed by atoms with Crippen LogP contribution in [0.15, 0.2) is 53.3 Å². The highest BCUT2D eigenvalue weighted by molar-refractivity contribution is 5.95. The number of hydrogen-bond donors (Lipinski definition) is 0. The summed E-state index contributed by atoms with van der Waals surface area (Å²) < 4.78 is 1.63. The maximum atomic E-state index is 13.0. The van der Waals surface area contributed by atoms with Crippen molar-refractivity contribution in [2.24, 2.45) is 13.0 Å². The van der Waals surface area contributed by atoms with Crippen LogP contribution in [0.4, 0.5) is 0 Å². The minimum absolute atomic E-state index is 0.0297. The monoisotopic (exact) mass is 375 g/mol. The first-order valence-electron chi connectivity index (χ1n) is 9.84. The molecular weight excluding hydrogens is 350 g/mol. The number of likely N-dealkylation sites (tertiary alicyclic amines) is 1. The van der Waals surface area contributed by atoms with E-state index in [2.05, 4.69) is 29.4 Å². The lowest BCUT2D eigenvalue weighted by Crippen LogP contribution is -2.41. The SMILES string of the molecule is Cc1ccc2c(c1)c(=O)c(C(=O)N1CCC(Cc3ccccc3)CC1)nn2C. The molecule has 28 heavy (non-hydrogen) atoms. The molecule has 0 unspecified atom stereocenters. The Morgan fingerprint density at radius 2 is 1.82 bits per heavy atom. The summed E-state index contributed by atoms with van der Waals surface area (Å²) in [5.41, 5.74) is 2.84. The van der Waals surface area contributed by atoms with Gasteiger partial charge in [0.05, 0.1) is 10.9 Å². The average molecular weight is 375 g/mol. The standard InChI is InChI=1S/C23H25N3O2/c1-16-8-9-20-19(14-16)22(27)21(24-25(20)2)23(28)26-12-10-18(11-13-26)15-17-6-4-3-5-7-17/h3-9,14,18H,10-13,15H2,1-2H3. The number of amides is 1. The first kappa shape index (κ1) is 18.4. The zero-order valence-corrected chi connectivity index (χ0v) is 16.4. The highest BCUT2D eigenvalue weighted by Crippen LogP contribution is 2.22. The molecule has 0 radical (unpaired) electrons. The Bertz CT molecular complexity index is 1060. The van der Waals surface area contributed by atoms with Crippen LogP contribution in [-0.4, -0.2) is 33.7 Å². The van der Waals surface area contributed by atoms with Gasteiger partial charge in [-0.15, -0.1) is 0 Å². The molecule has 2 aromatic carbocycles. The van der Waals surface area contributed by atoms with Gasteiger partial charge in [0.1, 0.15) is 0 Å². The Labute approximate surface area is 164 Å². The molecule has 5 nitrogen and oxygen atoms in total. The van der Waals surface area contributed by atoms with E-state index in [9.17, 15) is 9.59 Å². The van der Waals surface area contributed by atoms with Crippen molar-refractivity contribution in [1.82, 2.24) is 14.7 Å². The fraction of sp³-hybridized carbons (Fsp3) is 0.348. The van der Waals surface area contributed by atoms with Crippen molar-refractivity contribution in [1.29, 1.82) is 0 Å². The number of piperidine rings is 1. The third-order valence-electron chi connectivity index (χ3n) is 5.68. The number of aryl methyl sites for hydroxylation is 2. The number of aromatic nitrogens is 2. The average Bonchev–Trinajstić information content (AvgIpc) is 2.71. The molecule has 1 saturated heterocycles. The van der Waals surface area contributed by atoms with Crippen molar-refractivity contribution in [2.45, 2.75) is 26.2 Å². The lowest BCUT2D eigenvalue weighted by atomic mass is 9.90. The molecule has 1 aliphatic rings. The van der Waals surface area contributed by atoms with Gasteiger partial charge >= 0.3 is 0 Å². The topological polar surface area (TPSA) is 55.2 Å². The van der Waals surface area contributed by atoms with E-state index in [-0.39, 0.29) is 17.0 Å². The molecule has 1 aromatic heterocycles. The van der Waals surface area contributed by atoms with Crippen LogP contribution in [0, 0.1) is 12.8 Å².